The average Bonchev–Trinajstić information content (AvgIpc) is 2.95. The number of nitro benzene ring substituents is 1. The number of hydrogen-bond acceptors (Lipinski definition) is 6. The SMILES string of the molecule is CC(=O)c1ccc(Sc2nnc(C)n2-c2ccccc2C)c([N+](=O)[O-])c1. The van der Waals surface area contributed by atoms with Gasteiger partial charge in [0.25, 0.3) is 5.69 Å². The molecule has 1 aromatic heterocycles. The molecule has 3 rings (SSSR count). The van der Waals surface area contributed by atoms with Gasteiger partial charge in [0.1, 0.15) is 5.82 Å². The summed E-state index contributed by atoms with van der Waals surface area (Å²) < 4.78 is 1.86. The van der Waals surface area contributed by atoms with Gasteiger partial charge in [-0.05, 0) is 56.3 Å². The molecule has 1 heterocycles. The van der Waals surface area contributed by atoms with Crippen LogP contribution in [-0.2, 0) is 0 Å². The smallest absolute Gasteiger partial charge is 0.284 e. The standard InChI is InChI=1S/C18H16N4O3S/c1-11-6-4-5-7-15(11)21-13(3)19-20-18(21)26-17-9-8-14(12(2)23)10-16(17)22(24)25/h4-10H,1-3H3. The Hall–Kier alpha value is -3.00. The lowest BCUT2D eigenvalue weighted by atomic mass is 10.1. The van der Waals surface area contributed by atoms with E-state index in [2.05, 4.69) is 10.2 Å². The first-order valence-corrected chi connectivity index (χ1v) is 8.65. The molecule has 3 aromatic rings. The van der Waals surface area contributed by atoms with Crippen molar-refractivity contribution in [3.8, 4) is 5.69 Å². The van der Waals surface area contributed by atoms with Gasteiger partial charge in [0.2, 0.25) is 5.16 Å². The van der Waals surface area contributed by atoms with Crippen LogP contribution in [-0.4, -0.2) is 25.5 Å². The minimum Gasteiger partial charge on any atom is -0.295 e. The molecule has 0 unspecified atom stereocenters. The molecule has 0 saturated heterocycles. The minimum atomic E-state index is -0.490. The van der Waals surface area contributed by atoms with Crippen molar-refractivity contribution in [2.24, 2.45) is 0 Å². The van der Waals surface area contributed by atoms with Crippen LogP contribution in [0.2, 0.25) is 0 Å². The highest BCUT2D eigenvalue weighted by Crippen LogP contribution is 2.36. The molecular formula is C18H16N4O3S. The molecule has 0 bridgehead atoms. The molecule has 2 aromatic carbocycles. The van der Waals surface area contributed by atoms with Gasteiger partial charge in [-0.2, -0.15) is 0 Å². The maximum atomic E-state index is 11.5. The molecule has 0 saturated carbocycles. The normalized spacial score (nSPS) is 10.7. The number of aryl methyl sites for hydroxylation is 2. The Labute approximate surface area is 154 Å². The van der Waals surface area contributed by atoms with Crippen molar-refractivity contribution in [2.75, 3.05) is 0 Å². The first-order chi connectivity index (χ1) is 12.4. The molecule has 8 heteroatoms. The molecule has 0 radical (unpaired) electrons. The van der Waals surface area contributed by atoms with Gasteiger partial charge in [0.05, 0.1) is 15.5 Å². The van der Waals surface area contributed by atoms with E-state index < -0.39 is 4.92 Å². The Morgan fingerprint density at radius 1 is 1.15 bits per heavy atom. The first kappa shape index (κ1) is 17.8. The maximum absolute atomic E-state index is 11.5. The number of carbonyl (C=O) groups excluding carboxylic acids is 1. The fraction of sp³-hybridized carbons (Fsp3) is 0.167. The molecule has 26 heavy (non-hydrogen) atoms. The van der Waals surface area contributed by atoms with Gasteiger partial charge in [-0.3, -0.25) is 19.5 Å². The highest BCUT2D eigenvalue weighted by atomic mass is 32.2. The Morgan fingerprint density at radius 2 is 1.88 bits per heavy atom. The number of rotatable bonds is 5. The molecule has 0 spiro atoms. The Kier molecular flexibility index (Phi) is 4.85. The molecule has 0 fully saturated rings. The number of Topliss-reactive ketones (excluding diaryl/α,β-unsaturated/α-hetero) is 1. The van der Waals surface area contributed by atoms with Gasteiger partial charge in [-0.1, -0.05) is 18.2 Å². The fourth-order valence-corrected chi connectivity index (χ4v) is 3.54. The second-order valence-electron chi connectivity index (χ2n) is 5.75. The highest BCUT2D eigenvalue weighted by Gasteiger charge is 2.21. The Balaban J connectivity index is 2.08. The summed E-state index contributed by atoms with van der Waals surface area (Å²) in [6.07, 6.45) is 0. The number of aromatic nitrogens is 3. The van der Waals surface area contributed by atoms with E-state index in [1.807, 2.05) is 42.7 Å². The average molecular weight is 368 g/mol. The van der Waals surface area contributed by atoms with Gasteiger partial charge in [0, 0.05) is 11.6 Å². The predicted octanol–water partition coefficient (Wildman–Crippen LogP) is 4.15. The molecule has 0 amide bonds. The quantitative estimate of drug-likeness (QED) is 0.382. The van der Waals surface area contributed by atoms with Crippen molar-refractivity contribution in [1.29, 1.82) is 0 Å². The van der Waals surface area contributed by atoms with Crippen LogP contribution in [0.3, 0.4) is 0 Å². The van der Waals surface area contributed by atoms with Crippen molar-refractivity contribution in [2.45, 2.75) is 30.8 Å². The molecule has 0 aliphatic heterocycles. The molecule has 0 aliphatic rings. The van der Waals surface area contributed by atoms with Crippen molar-refractivity contribution >= 4 is 23.2 Å². The minimum absolute atomic E-state index is 0.125. The van der Waals surface area contributed by atoms with Crippen LogP contribution in [0.4, 0.5) is 5.69 Å². The fourth-order valence-electron chi connectivity index (χ4n) is 2.56. The Bertz CT molecular complexity index is 1010. The lowest BCUT2D eigenvalue weighted by Crippen LogP contribution is -2.02. The summed E-state index contributed by atoms with van der Waals surface area (Å²) in [5, 5.41) is 20.3. The van der Waals surface area contributed by atoms with E-state index >= 15 is 0 Å². The van der Waals surface area contributed by atoms with Gasteiger partial charge in [0.15, 0.2) is 5.78 Å². The number of carbonyl (C=O) groups is 1. The molecule has 7 nitrogen and oxygen atoms in total. The topological polar surface area (TPSA) is 90.9 Å². The van der Waals surface area contributed by atoms with Crippen molar-refractivity contribution in [1.82, 2.24) is 14.8 Å². The van der Waals surface area contributed by atoms with Gasteiger partial charge >= 0.3 is 0 Å². The number of nitro groups is 1. The zero-order valence-electron chi connectivity index (χ0n) is 14.5. The highest BCUT2D eigenvalue weighted by molar-refractivity contribution is 7.99. The molecule has 132 valence electrons. The van der Waals surface area contributed by atoms with Crippen LogP contribution in [0.1, 0.15) is 28.7 Å². The van der Waals surface area contributed by atoms with E-state index in [1.54, 1.807) is 12.1 Å². The van der Waals surface area contributed by atoms with E-state index in [-0.39, 0.29) is 11.5 Å². The molecule has 0 N–H and O–H groups in total. The van der Waals surface area contributed by atoms with E-state index in [1.165, 1.54) is 13.0 Å². The number of para-hydroxylation sites is 1. The number of hydrogen-bond donors (Lipinski definition) is 0. The zero-order valence-corrected chi connectivity index (χ0v) is 15.3. The van der Waals surface area contributed by atoms with Gasteiger partial charge < -0.3 is 0 Å². The van der Waals surface area contributed by atoms with E-state index in [0.29, 0.717) is 21.4 Å². The third-order valence-corrected chi connectivity index (χ3v) is 4.93. The van der Waals surface area contributed by atoms with Crippen molar-refractivity contribution in [3.05, 3.63) is 69.5 Å². The summed E-state index contributed by atoms with van der Waals surface area (Å²) in [7, 11) is 0. The summed E-state index contributed by atoms with van der Waals surface area (Å²) >= 11 is 1.15. The lowest BCUT2D eigenvalue weighted by molar-refractivity contribution is -0.387. The van der Waals surface area contributed by atoms with Gasteiger partial charge in [-0.15, -0.1) is 10.2 Å². The summed E-state index contributed by atoms with van der Waals surface area (Å²) in [5.41, 5.74) is 2.14. The van der Waals surface area contributed by atoms with Crippen LogP contribution in [0.5, 0.6) is 0 Å². The summed E-state index contributed by atoms with van der Waals surface area (Å²) in [4.78, 5) is 22.9. The van der Waals surface area contributed by atoms with E-state index in [4.69, 9.17) is 0 Å². The van der Waals surface area contributed by atoms with Crippen LogP contribution in [0.25, 0.3) is 5.69 Å². The van der Waals surface area contributed by atoms with Crippen LogP contribution in [0.15, 0.2) is 52.5 Å². The van der Waals surface area contributed by atoms with Crippen LogP contribution >= 0.6 is 11.8 Å². The number of nitrogens with zero attached hydrogens (tertiary/aromatic N) is 4. The number of benzene rings is 2. The molecule has 0 atom stereocenters. The summed E-state index contributed by atoms with van der Waals surface area (Å²) in [6.45, 7) is 5.19. The van der Waals surface area contributed by atoms with E-state index in [0.717, 1.165) is 23.0 Å². The molecule has 0 aliphatic carbocycles. The largest absolute Gasteiger partial charge is 0.295 e. The first-order valence-electron chi connectivity index (χ1n) is 7.83. The second kappa shape index (κ2) is 7.09. The van der Waals surface area contributed by atoms with E-state index in [9.17, 15) is 14.9 Å². The summed E-state index contributed by atoms with van der Waals surface area (Å²) in [6, 6.07) is 12.2. The summed E-state index contributed by atoms with van der Waals surface area (Å²) in [5.74, 6) is 0.466. The monoisotopic (exact) mass is 368 g/mol. The lowest BCUT2D eigenvalue weighted by Gasteiger charge is -2.11. The van der Waals surface area contributed by atoms with Gasteiger partial charge in [-0.25, -0.2) is 0 Å². The predicted molar refractivity (Wildman–Crippen MR) is 98.1 cm³/mol. The molecular weight excluding hydrogens is 352 g/mol. The van der Waals surface area contributed by atoms with Crippen molar-refractivity contribution < 1.29 is 9.72 Å². The number of ketones is 1. The third kappa shape index (κ3) is 3.36. The van der Waals surface area contributed by atoms with Crippen LogP contribution in [0, 0.1) is 24.0 Å². The second-order valence-corrected chi connectivity index (χ2v) is 6.76. The zero-order chi connectivity index (χ0) is 18.8. The third-order valence-electron chi connectivity index (χ3n) is 3.91. The maximum Gasteiger partial charge on any atom is 0.284 e. The Morgan fingerprint density at radius 3 is 2.54 bits per heavy atom. The van der Waals surface area contributed by atoms with Crippen molar-refractivity contribution in [3.63, 3.8) is 0 Å². The van der Waals surface area contributed by atoms with Crippen LogP contribution < -0.4 is 0 Å².